The average molecular weight is 250 g/mol. The molecule has 0 amide bonds. The van der Waals surface area contributed by atoms with E-state index in [9.17, 15) is 4.79 Å². The molecule has 4 nitrogen and oxygen atoms in total. The molecule has 1 aromatic rings. The first kappa shape index (κ1) is 14.4. The molecule has 0 unspecified atom stereocenters. The number of para-hydroxylation sites is 1. The van der Waals surface area contributed by atoms with Gasteiger partial charge in [-0.15, -0.1) is 0 Å². The van der Waals surface area contributed by atoms with Gasteiger partial charge in [-0.05, 0) is 25.0 Å². The highest BCUT2D eigenvalue weighted by Gasteiger charge is 2.15. The third kappa shape index (κ3) is 3.15. The van der Waals surface area contributed by atoms with Crippen LogP contribution in [0.5, 0.6) is 0 Å². The van der Waals surface area contributed by atoms with E-state index in [4.69, 9.17) is 10.5 Å². The first-order chi connectivity index (χ1) is 8.65. The number of nitrogens with zero attached hydrogens (tertiary/aromatic N) is 1. The summed E-state index contributed by atoms with van der Waals surface area (Å²) in [6.45, 7) is 6.12. The van der Waals surface area contributed by atoms with Crippen molar-refractivity contribution in [3.05, 3.63) is 23.8 Å². The van der Waals surface area contributed by atoms with Crippen LogP contribution in [0.4, 0.5) is 11.4 Å². The number of benzene rings is 1. The number of ether oxygens (including phenoxy) is 1. The molecule has 0 saturated carbocycles. The average Bonchev–Trinajstić information content (AvgIpc) is 2.38. The molecule has 1 aromatic carbocycles. The largest absolute Gasteiger partial charge is 0.465 e. The molecule has 0 aliphatic heterocycles. The summed E-state index contributed by atoms with van der Waals surface area (Å²) in [5.74, 6) is -0.387. The summed E-state index contributed by atoms with van der Waals surface area (Å²) in [7, 11) is 1.37. The lowest BCUT2D eigenvalue weighted by Gasteiger charge is -2.25. The molecule has 0 bridgehead atoms. The molecule has 0 aromatic heterocycles. The third-order valence-electron chi connectivity index (χ3n) is 2.82. The quantitative estimate of drug-likeness (QED) is 0.623. The van der Waals surface area contributed by atoms with Crippen LogP contribution in [0.2, 0.25) is 0 Å². The molecule has 0 radical (unpaired) electrons. The Morgan fingerprint density at radius 3 is 2.39 bits per heavy atom. The molecule has 18 heavy (non-hydrogen) atoms. The van der Waals surface area contributed by atoms with E-state index in [1.165, 1.54) is 7.11 Å². The Morgan fingerprint density at radius 2 is 1.89 bits per heavy atom. The van der Waals surface area contributed by atoms with E-state index in [0.717, 1.165) is 31.6 Å². The highest BCUT2D eigenvalue weighted by molar-refractivity contribution is 5.98. The number of esters is 1. The third-order valence-corrected chi connectivity index (χ3v) is 2.82. The predicted octanol–water partition coefficient (Wildman–Crippen LogP) is 2.68. The molecule has 1 rings (SSSR count). The van der Waals surface area contributed by atoms with Gasteiger partial charge in [0.05, 0.1) is 24.0 Å². The van der Waals surface area contributed by atoms with E-state index in [-0.39, 0.29) is 5.97 Å². The summed E-state index contributed by atoms with van der Waals surface area (Å²) in [6.07, 6.45) is 2.09. The predicted molar refractivity (Wildman–Crippen MR) is 75.0 cm³/mol. The van der Waals surface area contributed by atoms with Crippen LogP contribution in [-0.2, 0) is 4.74 Å². The Kier molecular flexibility index (Phi) is 5.49. The molecule has 0 aliphatic rings. The van der Waals surface area contributed by atoms with Crippen molar-refractivity contribution in [1.29, 1.82) is 0 Å². The number of carbonyl (C=O) groups excluding carboxylic acids is 1. The molecule has 0 saturated heterocycles. The zero-order valence-corrected chi connectivity index (χ0v) is 11.4. The second-order valence-corrected chi connectivity index (χ2v) is 4.22. The fourth-order valence-corrected chi connectivity index (χ4v) is 2.01. The van der Waals surface area contributed by atoms with Gasteiger partial charge in [-0.25, -0.2) is 4.79 Å². The van der Waals surface area contributed by atoms with E-state index in [2.05, 4.69) is 18.7 Å². The van der Waals surface area contributed by atoms with Gasteiger partial charge in [-0.3, -0.25) is 0 Å². The minimum absolute atomic E-state index is 0.387. The van der Waals surface area contributed by atoms with E-state index < -0.39 is 0 Å². The second-order valence-electron chi connectivity index (χ2n) is 4.22. The zero-order chi connectivity index (χ0) is 13.5. The summed E-state index contributed by atoms with van der Waals surface area (Å²) < 4.78 is 4.73. The summed E-state index contributed by atoms with van der Waals surface area (Å²) in [5.41, 5.74) is 7.94. The lowest BCUT2D eigenvalue weighted by molar-refractivity contribution is 0.0602. The molecular formula is C14H22N2O2. The number of nitrogen functional groups attached to an aromatic ring is 1. The molecular weight excluding hydrogens is 228 g/mol. The summed E-state index contributed by atoms with van der Waals surface area (Å²) in [5, 5.41) is 0. The number of methoxy groups -OCH3 is 1. The van der Waals surface area contributed by atoms with Crippen molar-refractivity contribution in [2.24, 2.45) is 0 Å². The van der Waals surface area contributed by atoms with E-state index >= 15 is 0 Å². The second kappa shape index (κ2) is 6.89. The molecule has 0 spiro atoms. The SMILES string of the molecule is CCCN(CCC)c1cccc(C(=O)OC)c1N. The monoisotopic (exact) mass is 250 g/mol. The van der Waals surface area contributed by atoms with Gasteiger partial charge >= 0.3 is 5.97 Å². The van der Waals surface area contributed by atoms with Gasteiger partial charge in [-0.1, -0.05) is 19.9 Å². The van der Waals surface area contributed by atoms with Gasteiger partial charge in [0, 0.05) is 13.1 Å². The Bertz CT molecular complexity index is 399. The maximum absolute atomic E-state index is 11.6. The molecule has 2 N–H and O–H groups in total. The highest BCUT2D eigenvalue weighted by atomic mass is 16.5. The maximum Gasteiger partial charge on any atom is 0.340 e. The van der Waals surface area contributed by atoms with Crippen molar-refractivity contribution < 1.29 is 9.53 Å². The number of carbonyl (C=O) groups is 1. The Morgan fingerprint density at radius 1 is 1.28 bits per heavy atom. The Balaban J connectivity index is 3.10. The van der Waals surface area contributed by atoms with Crippen LogP contribution < -0.4 is 10.6 Å². The van der Waals surface area contributed by atoms with Gasteiger partial charge in [-0.2, -0.15) is 0 Å². The van der Waals surface area contributed by atoms with Crippen LogP contribution in [0.25, 0.3) is 0 Å². The minimum atomic E-state index is -0.387. The van der Waals surface area contributed by atoms with Crippen LogP contribution >= 0.6 is 0 Å². The fourth-order valence-electron chi connectivity index (χ4n) is 2.01. The van der Waals surface area contributed by atoms with Crippen molar-refractivity contribution in [3.63, 3.8) is 0 Å². The van der Waals surface area contributed by atoms with Gasteiger partial charge in [0.2, 0.25) is 0 Å². The van der Waals surface area contributed by atoms with Crippen molar-refractivity contribution in [1.82, 2.24) is 0 Å². The normalized spacial score (nSPS) is 10.2. The lowest BCUT2D eigenvalue weighted by Crippen LogP contribution is -2.26. The molecule has 0 heterocycles. The van der Waals surface area contributed by atoms with Crippen molar-refractivity contribution in [2.75, 3.05) is 30.8 Å². The smallest absolute Gasteiger partial charge is 0.340 e. The number of rotatable bonds is 6. The van der Waals surface area contributed by atoms with Crippen LogP contribution in [0.15, 0.2) is 18.2 Å². The standard InChI is InChI=1S/C14H22N2O2/c1-4-9-16(10-5-2)12-8-6-7-11(13(12)15)14(17)18-3/h6-8H,4-5,9-10,15H2,1-3H3. The van der Waals surface area contributed by atoms with Crippen LogP contribution in [-0.4, -0.2) is 26.2 Å². The van der Waals surface area contributed by atoms with Crippen LogP contribution in [0.1, 0.15) is 37.0 Å². The van der Waals surface area contributed by atoms with Crippen molar-refractivity contribution >= 4 is 17.3 Å². The Hall–Kier alpha value is -1.71. The topological polar surface area (TPSA) is 55.6 Å². The highest BCUT2D eigenvalue weighted by Crippen LogP contribution is 2.27. The number of hydrogen-bond acceptors (Lipinski definition) is 4. The van der Waals surface area contributed by atoms with E-state index in [0.29, 0.717) is 11.3 Å². The number of anilines is 2. The molecule has 100 valence electrons. The summed E-state index contributed by atoms with van der Waals surface area (Å²) in [6, 6.07) is 5.49. The first-order valence-electron chi connectivity index (χ1n) is 6.37. The van der Waals surface area contributed by atoms with Gasteiger partial charge in [0.25, 0.3) is 0 Å². The van der Waals surface area contributed by atoms with Gasteiger partial charge < -0.3 is 15.4 Å². The lowest BCUT2D eigenvalue weighted by atomic mass is 10.1. The van der Waals surface area contributed by atoms with Crippen LogP contribution in [0, 0.1) is 0 Å². The molecule has 0 atom stereocenters. The van der Waals surface area contributed by atoms with Gasteiger partial charge in [0.1, 0.15) is 0 Å². The number of hydrogen-bond donors (Lipinski definition) is 1. The number of nitrogens with two attached hydrogens (primary N) is 1. The first-order valence-corrected chi connectivity index (χ1v) is 6.37. The molecule has 4 heteroatoms. The van der Waals surface area contributed by atoms with Crippen molar-refractivity contribution in [2.45, 2.75) is 26.7 Å². The van der Waals surface area contributed by atoms with E-state index in [1.807, 2.05) is 12.1 Å². The fraction of sp³-hybridized carbons (Fsp3) is 0.500. The Labute approximate surface area is 109 Å². The van der Waals surface area contributed by atoms with Crippen molar-refractivity contribution in [3.8, 4) is 0 Å². The van der Waals surface area contributed by atoms with E-state index in [1.54, 1.807) is 6.07 Å². The maximum atomic E-state index is 11.6. The summed E-state index contributed by atoms with van der Waals surface area (Å²) >= 11 is 0. The zero-order valence-electron chi connectivity index (χ0n) is 11.4. The molecule has 0 fully saturated rings. The van der Waals surface area contributed by atoms with Crippen LogP contribution in [0.3, 0.4) is 0 Å². The summed E-state index contributed by atoms with van der Waals surface area (Å²) in [4.78, 5) is 13.8. The van der Waals surface area contributed by atoms with Gasteiger partial charge in [0.15, 0.2) is 0 Å². The minimum Gasteiger partial charge on any atom is -0.465 e. The molecule has 0 aliphatic carbocycles.